The highest BCUT2D eigenvalue weighted by Gasteiger charge is 2.33. The van der Waals surface area contributed by atoms with Crippen LogP contribution in [0.2, 0.25) is 0 Å². The minimum Gasteiger partial charge on any atom is -0.496 e. The maximum Gasteiger partial charge on any atom is 0.127 e. The fourth-order valence-corrected chi connectivity index (χ4v) is 2.09. The van der Waals surface area contributed by atoms with E-state index in [2.05, 4.69) is 0 Å². The van der Waals surface area contributed by atoms with Gasteiger partial charge >= 0.3 is 0 Å². The molecule has 0 aromatic heterocycles. The molecule has 1 aliphatic carbocycles. The maximum atomic E-state index is 6.24. The van der Waals surface area contributed by atoms with Crippen LogP contribution in [0.3, 0.4) is 0 Å². The average Bonchev–Trinajstić information content (AvgIpc) is 3.10. The first-order valence-electron chi connectivity index (χ1n) is 5.65. The van der Waals surface area contributed by atoms with Crippen molar-refractivity contribution in [3.63, 3.8) is 0 Å². The Morgan fingerprint density at radius 3 is 2.06 bits per heavy atom. The van der Waals surface area contributed by atoms with E-state index in [4.69, 9.17) is 15.2 Å². The van der Waals surface area contributed by atoms with E-state index in [9.17, 15) is 0 Å². The van der Waals surface area contributed by atoms with E-state index in [1.54, 1.807) is 14.2 Å². The van der Waals surface area contributed by atoms with Crippen molar-refractivity contribution < 1.29 is 9.47 Å². The minimum atomic E-state index is 0.0329. The van der Waals surface area contributed by atoms with Gasteiger partial charge in [0.15, 0.2) is 0 Å². The Balaban J connectivity index is 2.45. The smallest absolute Gasteiger partial charge is 0.127 e. The molecule has 0 spiro atoms. The first kappa shape index (κ1) is 11.3. The minimum absolute atomic E-state index is 0.0329. The molecule has 0 unspecified atom stereocenters. The number of rotatable bonds is 4. The first-order chi connectivity index (χ1) is 7.67. The molecule has 3 nitrogen and oxygen atoms in total. The van der Waals surface area contributed by atoms with Crippen molar-refractivity contribution in [2.75, 3.05) is 14.2 Å². The topological polar surface area (TPSA) is 44.5 Å². The van der Waals surface area contributed by atoms with E-state index in [0.717, 1.165) is 22.6 Å². The van der Waals surface area contributed by atoms with Crippen LogP contribution >= 0.6 is 0 Å². The monoisotopic (exact) mass is 221 g/mol. The summed E-state index contributed by atoms with van der Waals surface area (Å²) < 4.78 is 10.8. The molecule has 1 aliphatic rings. The van der Waals surface area contributed by atoms with Gasteiger partial charge in [0.05, 0.1) is 19.8 Å². The van der Waals surface area contributed by atoms with Crippen LogP contribution in [0.15, 0.2) is 12.1 Å². The molecule has 88 valence electrons. The number of benzene rings is 1. The molecule has 0 bridgehead atoms. The van der Waals surface area contributed by atoms with Crippen LogP contribution in [0.1, 0.15) is 30.0 Å². The summed E-state index contributed by atoms with van der Waals surface area (Å²) in [5.41, 5.74) is 8.38. The second-order valence-electron chi connectivity index (χ2n) is 4.45. The van der Waals surface area contributed by atoms with Gasteiger partial charge in [-0.05, 0) is 43.4 Å². The SMILES string of the molecule is COc1cc(C)cc(OC)c1[C@@H](N)C1CC1. The first-order valence-corrected chi connectivity index (χ1v) is 5.65. The molecule has 0 aliphatic heterocycles. The van der Waals surface area contributed by atoms with Gasteiger partial charge in [0.1, 0.15) is 11.5 Å². The lowest BCUT2D eigenvalue weighted by Crippen LogP contribution is -2.15. The molecule has 1 fully saturated rings. The number of nitrogens with two attached hydrogens (primary N) is 1. The van der Waals surface area contributed by atoms with Crippen LogP contribution in [-0.2, 0) is 0 Å². The van der Waals surface area contributed by atoms with Gasteiger partial charge in [-0.2, -0.15) is 0 Å². The Hall–Kier alpha value is -1.22. The Morgan fingerprint density at radius 2 is 1.69 bits per heavy atom. The fraction of sp³-hybridized carbons (Fsp3) is 0.538. The summed E-state index contributed by atoms with van der Waals surface area (Å²) in [4.78, 5) is 0. The van der Waals surface area contributed by atoms with Crippen LogP contribution in [0.5, 0.6) is 11.5 Å². The molecule has 0 amide bonds. The normalized spacial score (nSPS) is 17.0. The van der Waals surface area contributed by atoms with Gasteiger partial charge in [-0.25, -0.2) is 0 Å². The van der Waals surface area contributed by atoms with Crippen molar-refractivity contribution in [3.8, 4) is 11.5 Å². The maximum absolute atomic E-state index is 6.24. The second-order valence-corrected chi connectivity index (χ2v) is 4.45. The van der Waals surface area contributed by atoms with E-state index in [-0.39, 0.29) is 6.04 Å². The summed E-state index contributed by atoms with van der Waals surface area (Å²) in [7, 11) is 3.36. The summed E-state index contributed by atoms with van der Waals surface area (Å²) in [6.45, 7) is 2.03. The van der Waals surface area contributed by atoms with Crippen molar-refractivity contribution >= 4 is 0 Å². The van der Waals surface area contributed by atoms with Crippen LogP contribution < -0.4 is 15.2 Å². The largest absolute Gasteiger partial charge is 0.496 e. The van der Waals surface area contributed by atoms with E-state index in [1.807, 2.05) is 19.1 Å². The standard InChI is InChI=1S/C13H19NO2/c1-8-6-10(15-2)12(11(7-8)16-3)13(14)9-4-5-9/h6-7,9,13H,4-5,14H2,1-3H3/t13-/m0/s1. The molecule has 1 saturated carbocycles. The van der Waals surface area contributed by atoms with E-state index in [1.165, 1.54) is 12.8 Å². The number of methoxy groups -OCH3 is 2. The van der Waals surface area contributed by atoms with Crippen molar-refractivity contribution in [1.82, 2.24) is 0 Å². The lowest BCUT2D eigenvalue weighted by Gasteiger charge is -2.19. The molecule has 0 radical (unpaired) electrons. The summed E-state index contributed by atoms with van der Waals surface area (Å²) in [5.74, 6) is 2.28. The molecule has 1 atom stereocenters. The van der Waals surface area contributed by atoms with Gasteiger partial charge in [0.25, 0.3) is 0 Å². The molecule has 2 N–H and O–H groups in total. The van der Waals surface area contributed by atoms with Gasteiger partial charge in [-0.15, -0.1) is 0 Å². The van der Waals surface area contributed by atoms with Crippen molar-refractivity contribution in [2.45, 2.75) is 25.8 Å². The Morgan fingerprint density at radius 1 is 1.19 bits per heavy atom. The Bertz CT molecular complexity index is 361. The summed E-state index contributed by atoms with van der Waals surface area (Å²) in [6, 6.07) is 4.06. The van der Waals surface area contributed by atoms with Crippen molar-refractivity contribution in [2.24, 2.45) is 11.7 Å². The molecule has 16 heavy (non-hydrogen) atoms. The Kier molecular flexibility index (Phi) is 3.06. The molecule has 2 rings (SSSR count). The molecule has 1 aromatic carbocycles. The quantitative estimate of drug-likeness (QED) is 0.849. The average molecular weight is 221 g/mol. The zero-order valence-electron chi connectivity index (χ0n) is 10.1. The molecule has 0 saturated heterocycles. The van der Waals surface area contributed by atoms with E-state index in [0.29, 0.717) is 5.92 Å². The third kappa shape index (κ3) is 2.00. The fourth-order valence-electron chi connectivity index (χ4n) is 2.09. The summed E-state index contributed by atoms with van der Waals surface area (Å²) >= 11 is 0. The third-order valence-electron chi connectivity index (χ3n) is 3.15. The van der Waals surface area contributed by atoms with Crippen LogP contribution in [0, 0.1) is 12.8 Å². The molecule has 1 aromatic rings. The number of hydrogen-bond acceptors (Lipinski definition) is 3. The number of ether oxygens (including phenoxy) is 2. The summed E-state index contributed by atoms with van der Waals surface area (Å²) in [6.07, 6.45) is 2.42. The van der Waals surface area contributed by atoms with Crippen LogP contribution in [-0.4, -0.2) is 14.2 Å². The Labute approximate surface area is 96.5 Å². The molecule has 0 heterocycles. The summed E-state index contributed by atoms with van der Waals surface area (Å²) in [5, 5.41) is 0. The zero-order chi connectivity index (χ0) is 11.7. The predicted octanol–water partition coefficient (Wildman–Crippen LogP) is 2.42. The molecular weight excluding hydrogens is 202 g/mol. The highest BCUT2D eigenvalue weighted by atomic mass is 16.5. The van der Waals surface area contributed by atoms with Crippen molar-refractivity contribution in [1.29, 1.82) is 0 Å². The lowest BCUT2D eigenvalue weighted by molar-refractivity contribution is 0.374. The van der Waals surface area contributed by atoms with Crippen LogP contribution in [0.4, 0.5) is 0 Å². The molecule has 3 heteroatoms. The lowest BCUT2D eigenvalue weighted by atomic mass is 9.99. The van der Waals surface area contributed by atoms with E-state index >= 15 is 0 Å². The van der Waals surface area contributed by atoms with Gasteiger partial charge in [-0.1, -0.05) is 0 Å². The number of aryl methyl sites for hydroxylation is 1. The predicted molar refractivity (Wildman–Crippen MR) is 63.9 cm³/mol. The zero-order valence-corrected chi connectivity index (χ0v) is 10.1. The van der Waals surface area contributed by atoms with Gasteiger partial charge < -0.3 is 15.2 Å². The van der Waals surface area contributed by atoms with Gasteiger partial charge in [0.2, 0.25) is 0 Å². The highest BCUT2D eigenvalue weighted by molar-refractivity contribution is 5.50. The number of hydrogen-bond donors (Lipinski definition) is 1. The second kappa shape index (κ2) is 4.34. The highest BCUT2D eigenvalue weighted by Crippen LogP contribution is 2.45. The van der Waals surface area contributed by atoms with Gasteiger partial charge in [0, 0.05) is 6.04 Å². The third-order valence-corrected chi connectivity index (χ3v) is 3.15. The molecular formula is C13H19NO2. The van der Waals surface area contributed by atoms with Crippen LogP contribution in [0.25, 0.3) is 0 Å². The van der Waals surface area contributed by atoms with Crippen molar-refractivity contribution in [3.05, 3.63) is 23.3 Å². The van der Waals surface area contributed by atoms with Gasteiger partial charge in [-0.3, -0.25) is 0 Å². The van der Waals surface area contributed by atoms with E-state index < -0.39 is 0 Å².